The summed E-state index contributed by atoms with van der Waals surface area (Å²) in [7, 11) is 3.53. The Morgan fingerprint density at radius 1 is 0.762 bits per heavy atom. The summed E-state index contributed by atoms with van der Waals surface area (Å²) >= 11 is 0. The van der Waals surface area contributed by atoms with Gasteiger partial charge in [0.05, 0.1) is 0 Å². The van der Waals surface area contributed by atoms with Gasteiger partial charge in [-0.2, -0.15) is 0 Å². The molecule has 0 aliphatic carbocycles. The number of hydrogen-bond donors (Lipinski definition) is 2. The molecule has 21 heavy (non-hydrogen) atoms. The Labute approximate surface area is 124 Å². The number of rotatable bonds is 2. The predicted molar refractivity (Wildman–Crippen MR) is 82.4 cm³/mol. The second-order valence-electron chi connectivity index (χ2n) is 5.20. The second-order valence-corrected chi connectivity index (χ2v) is 5.20. The molecule has 0 amide bonds. The Kier molecular flexibility index (Phi) is 3.22. The van der Waals surface area contributed by atoms with Gasteiger partial charge in [0.1, 0.15) is 6.17 Å². The van der Waals surface area contributed by atoms with Crippen LogP contribution in [-0.4, -0.2) is 34.1 Å². The molecule has 0 unspecified atom stereocenters. The van der Waals surface area contributed by atoms with Gasteiger partial charge in [-0.3, -0.25) is 0 Å². The lowest BCUT2D eigenvalue weighted by Crippen LogP contribution is -2.28. The molecular weight excluding hydrogens is 264 g/mol. The van der Waals surface area contributed by atoms with E-state index in [9.17, 15) is 10.2 Å². The summed E-state index contributed by atoms with van der Waals surface area (Å²) in [5, 5.41) is 19.9. The zero-order valence-electron chi connectivity index (χ0n) is 12.1. The highest BCUT2D eigenvalue weighted by Gasteiger charge is 2.36. The fourth-order valence-corrected chi connectivity index (χ4v) is 2.83. The summed E-state index contributed by atoms with van der Waals surface area (Å²) < 4.78 is 0. The van der Waals surface area contributed by atoms with Gasteiger partial charge in [-0.15, -0.1) is 0 Å². The molecule has 0 saturated carbocycles. The lowest BCUT2D eigenvalue weighted by Gasteiger charge is -2.29. The van der Waals surface area contributed by atoms with Crippen molar-refractivity contribution < 1.29 is 10.2 Å². The first-order valence-corrected chi connectivity index (χ1v) is 6.83. The molecule has 1 aliphatic rings. The number of nitrogens with zero attached hydrogens (tertiary/aromatic N) is 2. The molecule has 1 aliphatic heterocycles. The highest BCUT2D eigenvalue weighted by atomic mass is 16.3. The van der Waals surface area contributed by atoms with E-state index in [0.29, 0.717) is 0 Å². The maximum Gasteiger partial charge on any atom is 0.250 e. The van der Waals surface area contributed by atoms with Crippen LogP contribution in [0.25, 0.3) is 11.1 Å². The molecule has 4 heteroatoms. The molecular formula is C17H18N2O2. The van der Waals surface area contributed by atoms with Gasteiger partial charge < -0.3 is 20.0 Å². The van der Waals surface area contributed by atoms with E-state index in [2.05, 4.69) is 18.2 Å². The van der Waals surface area contributed by atoms with Crippen LogP contribution in [0.15, 0.2) is 66.4 Å². The van der Waals surface area contributed by atoms with Crippen LogP contribution in [-0.2, 0) is 0 Å². The molecule has 2 aromatic carbocycles. The number of aliphatic hydroxyl groups is 2. The normalized spacial score (nSPS) is 15.9. The smallest absolute Gasteiger partial charge is 0.250 e. The minimum absolute atomic E-state index is 0.106. The minimum Gasteiger partial charge on any atom is -0.491 e. The van der Waals surface area contributed by atoms with Gasteiger partial charge in [0, 0.05) is 19.7 Å². The van der Waals surface area contributed by atoms with E-state index in [1.54, 1.807) is 23.9 Å². The van der Waals surface area contributed by atoms with Crippen LogP contribution in [0.2, 0.25) is 0 Å². The van der Waals surface area contributed by atoms with Crippen LogP contribution < -0.4 is 0 Å². The Morgan fingerprint density at radius 3 is 1.90 bits per heavy atom. The fourth-order valence-electron chi connectivity index (χ4n) is 2.83. The molecule has 108 valence electrons. The van der Waals surface area contributed by atoms with E-state index in [4.69, 9.17) is 0 Å². The van der Waals surface area contributed by atoms with Crippen molar-refractivity contribution in [2.45, 2.75) is 6.17 Å². The van der Waals surface area contributed by atoms with Gasteiger partial charge in [0.15, 0.2) is 0 Å². The van der Waals surface area contributed by atoms with Crippen LogP contribution in [0.5, 0.6) is 0 Å². The van der Waals surface area contributed by atoms with Crippen molar-refractivity contribution in [3.8, 4) is 11.1 Å². The molecule has 2 aromatic rings. The molecule has 0 saturated heterocycles. The molecule has 0 bridgehead atoms. The first kappa shape index (κ1) is 13.4. The predicted octanol–water partition coefficient (Wildman–Crippen LogP) is 3.47. The van der Waals surface area contributed by atoms with Crippen molar-refractivity contribution in [1.29, 1.82) is 0 Å². The van der Waals surface area contributed by atoms with E-state index in [-0.39, 0.29) is 17.9 Å². The number of hydrogen-bond acceptors (Lipinski definition) is 4. The van der Waals surface area contributed by atoms with Gasteiger partial charge in [-0.05, 0) is 11.1 Å². The highest BCUT2D eigenvalue weighted by Crippen LogP contribution is 2.39. The van der Waals surface area contributed by atoms with Gasteiger partial charge in [0.2, 0.25) is 0 Å². The van der Waals surface area contributed by atoms with Crippen molar-refractivity contribution in [1.82, 2.24) is 9.80 Å². The van der Waals surface area contributed by atoms with Crippen LogP contribution in [0, 0.1) is 0 Å². The van der Waals surface area contributed by atoms with Crippen molar-refractivity contribution in [2.75, 3.05) is 14.1 Å². The minimum atomic E-state index is -0.235. The second kappa shape index (κ2) is 5.05. The van der Waals surface area contributed by atoms with E-state index in [1.165, 1.54) is 0 Å². The van der Waals surface area contributed by atoms with Gasteiger partial charge in [-0.25, -0.2) is 0 Å². The van der Waals surface area contributed by atoms with Gasteiger partial charge in [0.25, 0.3) is 11.8 Å². The van der Waals surface area contributed by atoms with Crippen molar-refractivity contribution >= 4 is 0 Å². The van der Waals surface area contributed by atoms with Crippen molar-refractivity contribution in [3.63, 3.8) is 0 Å². The summed E-state index contributed by atoms with van der Waals surface area (Å²) in [6, 6.07) is 18.1. The van der Waals surface area contributed by atoms with Crippen molar-refractivity contribution in [3.05, 3.63) is 71.9 Å². The molecule has 2 N–H and O–H groups in total. The Bertz CT molecular complexity index is 664. The lowest BCUT2D eigenvalue weighted by atomic mass is 9.97. The maximum absolute atomic E-state index is 9.94. The monoisotopic (exact) mass is 282 g/mol. The molecule has 0 radical (unpaired) electrons. The van der Waals surface area contributed by atoms with E-state index in [0.717, 1.165) is 16.7 Å². The highest BCUT2D eigenvalue weighted by molar-refractivity contribution is 5.68. The van der Waals surface area contributed by atoms with E-state index >= 15 is 0 Å². The summed E-state index contributed by atoms with van der Waals surface area (Å²) in [6.07, 6.45) is -0.235. The Balaban J connectivity index is 2.09. The van der Waals surface area contributed by atoms with E-state index in [1.807, 2.05) is 36.4 Å². The van der Waals surface area contributed by atoms with Crippen LogP contribution in [0.3, 0.4) is 0 Å². The van der Waals surface area contributed by atoms with Gasteiger partial charge >= 0.3 is 0 Å². The molecule has 0 spiro atoms. The van der Waals surface area contributed by atoms with Crippen LogP contribution >= 0.6 is 0 Å². The summed E-state index contributed by atoms with van der Waals surface area (Å²) in [5.41, 5.74) is 3.23. The molecule has 0 atom stereocenters. The van der Waals surface area contributed by atoms with Crippen LogP contribution in [0.1, 0.15) is 11.7 Å². The SMILES string of the molecule is CN1C(O)=C(O)N(C)C1c1ccccc1-c1ccccc1. The fraction of sp³-hybridized carbons (Fsp3) is 0.176. The third kappa shape index (κ3) is 2.09. The topological polar surface area (TPSA) is 46.9 Å². The quantitative estimate of drug-likeness (QED) is 0.885. The van der Waals surface area contributed by atoms with Gasteiger partial charge in [-0.1, -0.05) is 54.6 Å². The molecule has 4 nitrogen and oxygen atoms in total. The standard InChI is InChI=1S/C17H18N2O2/c1-18-15(19(2)17(21)16(18)20)14-11-7-6-10-13(14)12-8-4-3-5-9-12/h3-11,15,20-21H,1-2H3. The summed E-state index contributed by atoms with van der Waals surface area (Å²) in [4.78, 5) is 3.33. The lowest BCUT2D eigenvalue weighted by molar-refractivity contribution is 0.133. The largest absolute Gasteiger partial charge is 0.491 e. The van der Waals surface area contributed by atoms with Crippen LogP contribution in [0.4, 0.5) is 0 Å². The molecule has 0 fully saturated rings. The van der Waals surface area contributed by atoms with Crippen molar-refractivity contribution in [2.24, 2.45) is 0 Å². The third-order valence-corrected chi connectivity index (χ3v) is 3.93. The number of benzene rings is 2. The average Bonchev–Trinajstić information content (AvgIpc) is 2.72. The number of aliphatic hydroxyl groups excluding tert-OH is 2. The zero-order valence-corrected chi connectivity index (χ0v) is 12.1. The maximum atomic E-state index is 9.94. The Hall–Kier alpha value is -2.62. The zero-order chi connectivity index (χ0) is 15.0. The third-order valence-electron chi connectivity index (χ3n) is 3.93. The molecule has 0 aromatic heterocycles. The summed E-state index contributed by atoms with van der Waals surface area (Å²) in [6.45, 7) is 0. The van der Waals surface area contributed by atoms with E-state index < -0.39 is 0 Å². The Morgan fingerprint density at radius 2 is 1.29 bits per heavy atom. The first-order valence-electron chi connectivity index (χ1n) is 6.83. The average molecular weight is 282 g/mol. The molecule has 1 heterocycles. The first-order chi connectivity index (χ1) is 10.1. The summed E-state index contributed by atoms with van der Waals surface area (Å²) in [5.74, 6) is -0.212. The molecule has 3 rings (SSSR count).